The normalized spacial score (nSPS) is 16.4. The van der Waals surface area contributed by atoms with Gasteiger partial charge in [0.2, 0.25) is 11.8 Å². The third-order valence-electron chi connectivity index (χ3n) is 4.00. The minimum Gasteiger partial charge on any atom is -0.355 e. The van der Waals surface area contributed by atoms with Crippen molar-refractivity contribution in [1.82, 2.24) is 20.9 Å². The summed E-state index contributed by atoms with van der Waals surface area (Å²) in [5.41, 5.74) is 0.922. The topological polar surface area (TPSA) is 73.5 Å². The van der Waals surface area contributed by atoms with Crippen LogP contribution in [0.4, 0.5) is 0 Å². The van der Waals surface area contributed by atoms with E-state index in [4.69, 9.17) is 0 Å². The monoisotopic (exact) mass is 396 g/mol. The second-order valence-electron chi connectivity index (χ2n) is 5.95. The Bertz CT molecular complexity index is 544. The fourth-order valence-electron chi connectivity index (χ4n) is 2.74. The van der Waals surface area contributed by atoms with Gasteiger partial charge in [-0.3, -0.25) is 14.5 Å². The summed E-state index contributed by atoms with van der Waals surface area (Å²) in [6.45, 7) is 6.99. The molecule has 1 aromatic carbocycles. The van der Waals surface area contributed by atoms with Crippen molar-refractivity contribution >= 4 is 27.7 Å². The number of carbonyl (C=O) groups is 2. The standard InChI is InChI=1S/C17H25BrN4O2/c1-13(23)21-16(14-2-4-15(18)5-3-14)12-17(24)20-8-11-22-9-6-19-7-10-22/h2-5,16,19H,6-12H2,1H3,(H,20,24)(H,21,23). The second kappa shape index (κ2) is 9.76. The summed E-state index contributed by atoms with van der Waals surface area (Å²) < 4.78 is 0.966. The number of hydrogen-bond donors (Lipinski definition) is 3. The summed E-state index contributed by atoms with van der Waals surface area (Å²) in [5, 5.41) is 9.11. The van der Waals surface area contributed by atoms with Gasteiger partial charge in [-0.25, -0.2) is 0 Å². The Morgan fingerprint density at radius 1 is 1.25 bits per heavy atom. The molecule has 3 N–H and O–H groups in total. The summed E-state index contributed by atoms with van der Waals surface area (Å²) in [4.78, 5) is 26.0. The van der Waals surface area contributed by atoms with E-state index in [1.165, 1.54) is 6.92 Å². The first-order valence-corrected chi connectivity index (χ1v) is 9.06. The van der Waals surface area contributed by atoms with Gasteiger partial charge >= 0.3 is 0 Å². The van der Waals surface area contributed by atoms with Crippen LogP contribution in [0, 0.1) is 0 Å². The van der Waals surface area contributed by atoms with Crippen molar-refractivity contribution in [3.05, 3.63) is 34.3 Å². The van der Waals surface area contributed by atoms with Gasteiger partial charge in [0.1, 0.15) is 0 Å². The van der Waals surface area contributed by atoms with Crippen LogP contribution in [0.1, 0.15) is 24.9 Å². The molecule has 24 heavy (non-hydrogen) atoms. The van der Waals surface area contributed by atoms with Gasteiger partial charge in [-0.2, -0.15) is 0 Å². The minimum atomic E-state index is -0.310. The lowest BCUT2D eigenvalue weighted by Gasteiger charge is -2.27. The zero-order chi connectivity index (χ0) is 17.4. The Labute approximate surface area is 151 Å². The lowest BCUT2D eigenvalue weighted by molar-refractivity contribution is -0.122. The van der Waals surface area contributed by atoms with Gasteiger partial charge in [-0.05, 0) is 17.7 Å². The lowest BCUT2D eigenvalue weighted by atomic mass is 10.0. The highest BCUT2D eigenvalue weighted by Crippen LogP contribution is 2.19. The first-order chi connectivity index (χ1) is 11.5. The predicted octanol–water partition coefficient (Wildman–Crippen LogP) is 1.04. The predicted molar refractivity (Wildman–Crippen MR) is 97.6 cm³/mol. The maximum absolute atomic E-state index is 12.2. The Morgan fingerprint density at radius 3 is 2.54 bits per heavy atom. The molecule has 1 heterocycles. The van der Waals surface area contributed by atoms with Crippen LogP contribution in [-0.2, 0) is 9.59 Å². The van der Waals surface area contributed by atoms with Crippen LogP contribution >= 0.6 is 15.9 Å². The molecule has 0 aromatic heterocycles. The Hall–Kier alpha value is -1.44. The van der Waals surface area contributed by atoms with Crippen molar-refractivity contribution < 1.29 is 9.59 Å². The van der Waals surface area contributed by atoms with Crippen molar-refractivity contribution in [2.75, 3.05) is 39.3 Å². The molecule has 7 heteroatoms. The third-order valence-corrected chi connectivity index (χ3v) is 4.53. The smallest absolute Gasteiger partial charge is 0.222 e. The quantitative estimate of drug-likeness (QED) is 0.643. The van der Waals surface area contributed by atoms with Crippen LogP contribution in [0.2, 0.25) is 0 Å². The lowest BCUT2D eigenvalue weighted by Crippen LogP contribution is -2.46. The summed E-state index contributed by atoms with van der Waals surface area (Å²) in [6, 6.07) is 7.34. The Balaban J connectivity index is 1.82. The third kappa shape index (κ3) is 6.59. The van der Waals surface area contributed by atoms with Gasteiger partial charge in [0.25, 0.3) is 0 Å². The summed E-state index contributed by atoms with van der Waals surface area (Å²) in [6.07, 6.45) is 0.239. The van der Waals surface area contributed by atoms with Gasteiger partial charge in [0, 0.05) is 50.7 Å². The number of hydrogen-bond acceptors (Lipinski definition) is 4. The van der Waals surface area contributed by atoms with E-state index in [1.54, 1.807) is 0 Å². The molecule has 0 saturated carbocycles. The van der Waals surface area contributed by atoms with E-state index in [0.717, 1.165) is 42.8 Å². The second-order valence-corrected chi connectivity index (χ2v) is 6.87. The Morgan fingerprint density at radius 2 is 1.92 bits per heavy atom. The average Bonchev–Trinajstić information content (AvgIpc) is 2.55. The molecule has 2 amide bonds. The fourth-order valence-corrected chi connectivity index (χ4v) is 3.00. The summed E-state index contributed by atoms with van der Waals surface area (Å²) in [7, 11) is 0. The number of halogens is 1. The molecular weight excluding hydrogens is 372 g/mol. The largest absolute Gasteiger partial charge is 0.355 e. The highest BCUT2D eigenvalue weighted by molar-refractivity contribution is 9.10. The molecule has 1 aliphatic heterocycles. The number of piperazine rings is 1. The molecule has 1 aromatic rings. The number of carbonyl (C=O) groups excluding carboxylic acids is 2. The maximum Gasteiger partial charge on any atom is 0.222 e. The maximum atomic E-state index is 12.2. The number of nitrogens with one attached hydrogen (secondary N) is 3. The van der Waals surface area contributed by atoms with Crippen LogP contribution in [0.15, 0.2) is 28.7 Å². The first kappa shape index (κ1) is 18.9. The zero-order valence-corrected chi connectivity index (χ0v) is 15.6. The summed E-state index contributed by atoms with van der Waals surface area (Å²) >= 11 is 3.39. The van der Waals surface area contributed by atoms with Crippen LogP contribution in [0.25, 0.3) is 0 Å². The molecule has 2 rings (SSSR count). The van der Waals surface area contributed by atoms with Gasteiger partial charge in [0.05, 0.1) is 12.5 Å². The van der Waals surface area contributed by atoms with E-state index in [9.17, 15) is 9.59 Å². The molecule has 0 bridgehead atoms. The minimum absolute atomic E-state index is 0.0493. The molecule has 1 fully saturated rings. The van der Waals surface area contributed by atoms with Gasteiger partial charge in [0.15, 0.2) is 0 Å². The molecule has 0 aliphatic carbocycles. The number of nitrogens with zero attached hydrogens (tertiary/aromatic N) is 1. The molecule has 1 aliphatic rings. The molecule has 132 valence electrons. The number of rotatable bonds is 7. The fraction of sp³-hybridized carbons (Fsp3) is 0.529. The van der Waals surface area contributed by atoms with Crippen molar-refractivity contribution in [3.63, 3.8) is 0 Å². The van der Waals surface area contributed by atoms with Gasteiger partial charge in [-0.15, -0.1) is 0 Å². The number of benzene rings is 1. The zero-order valence-electron chi connectivity index (χ0n) is 14.0. The Kier molecular flexibility index (Phi) is 7.68. The van der Waals surface area contributed by atoms with E-state index in [2.05, 4.69) is 36.8 Å². The van der Waals surface area contributed by atoms with Crippen LogP contribution in [-0.4, -0.2) is 56.0 Å². The van der Waals surface area contributed by atoms with Crippen LogP contribution in [0.3, 0.4) is 0 Å². The van der Waals surface area contributed by atoms with Gasteiger partial charge < -0.3 is 16.0 Å². The molecule has 1 unspecified atom stereocenters. The summed E-state index contributed by atoms with van der Waals surface area (Å²) in [5.74, 6) is -0.191. The highest BCUT2D eigenvalue weighted by Gasteiger charge is 2.17. The molecule has 6 nitrogen and oxygen atoms in total. The van der Waals surface area contributed by atoms with Crippen LogP contribution in [0.5, 0.6) is 0 Å². The van der Waals surface area contributed by atoms with Crippen LogP contribution < -0.4 is 16.0 Å². The molecular formula is C17H25BrN4O2. The van der Waals surface area contributed by atoms with Crippen molar-refractivity contribution in [2.24, 2.45) is 0 Å². The van der Waals surface area contributed by atoms with E-state index in [1.807, 2.05) is 24.3 Å². The van der Waals surface area contributed by atoms with E-state index < -0.39 is 0 Å². The SMILES string of the molecule is CC(=O)NC(CC(=O)NCCN1CCNCC1)c1ccc(Br)cc1. The van der Waals surface area contributed by atoms with Crippen molar-refractivity contribution in [1.29, 1.82) is 0 Å². The molecule has 1 saturated heterocycles. The van der Waals surface area contributed by atoms with Gasteiger partial charge in [-0.1, -0.05) is 28.1 Å². The highest BCUT2D eigenvalue weighted by atomic mass is 79.9. The van der Waals surface area contributed by atoms with E-state index in [0.29, 0.717) is 6.54 Å². The molecule has 1 atom stereocenters. The van der Waals surface area contributed by atoms with E-state index >= 15 is 0 Å². The van der Waals surface area contributed by atoms with E-state index in [-0.39, 0.29) is 24.3 Å². The molecule has 0 spiro atoms. The number of amides is 2. The molecule has 0 radical (unpaired) electrons. The van der Waals surface area contributed by atoms with Crippen molar-refractivity contribution in [3.8, 4) is 0 Å². The van der Waals surface area contributed by atoms with Crippen molar-refractivity contribution in [2.45, 2.75) is 19.4 Å². The average molecular weight is 397 g/mol. The first-order valence-electron chi connectivity index (χ1n) is 8.27.